The van der Waals surface area contributed by atoms with Crippen LogP contribution < -0.4 is 5.73 Å². The van der Waals surface area contributed by atoms with E-state index < -0.39 is 11.5 Å². The molecule has 0 aromatic carbocycles. The van der Waals surface area contributed by atoms with E-state index in [1.807, 2.05) is 0 Å². The van der Waals surface area contributed by atoms with Gasteiger partial charge >= 0.3 is 5.97 Å². The van der Waals surface area contributed by atoms with E-state index in [4.69, 9.17) is 5.73 Å². The van der Waals surface area contributed by atoms with Gasteiger partial charge in [-0.05, 0) is 31.1 Å². The molecule has 1 rings (SSSR count). The summed E-state index contributed by atoms with van der Waals surface area (Å²) in [7, 11) is 0. The van der Waals surface area contributed by atoms with E-state index in [2.05, 4.69) is 13.8 Å². The monoisotopic (exact) mass is 213 g/mol. The van der Waals surface area contributed by atoms with Crippen LogP contribution in [0.2, 0.25) is 0 Å². The van der Waals surface area contributed by atoms with Crippen LogP contribution >= 0.6 is 0 Å². The summed E-state index contributed by atoms with van der Waals surface area (Å²) in [4.78, 5) is 11.2. The second kappa shape index (κ2) is 4.97. The van der Waals surface area contributed by atoms with Crippen LogP contribution in [0, 0.1) is 11.8 Å². The largest absolute Gasteiger partial charge is 0.480 e. The highest BCUT2D eigenvalue weighted by Crippen LogP contribution is 2.41. The Kier molecular flexibility index (Phi) is 4.14. The second-order valence-corrected chi connectivity index (χ2v) is 5.08. The zero-order chi connectivity index (χ0) is 11.5. The summed E-state index contributed by atoms with van der Waals surface area (Å²) >= 11 is 0. The van der Waals surface area contributed by atoms with Gasteiger partial charge in [-0.1, -0.05) is 33.1 Å². The van der Waals surface area contributed by atoms with Gasteiger partial charge in [0.1, 0.15) is 5.54 Å². The van der Waals surface area contributed by atoms with Crippen molar-refractivity contribution < 1.29 is 9.90 Å². The number of carbonyl (C=O) groups is 1. The van der Waals surface area contributed by atoms with Crippen molar-refractivity contribution in [2.45, 2.75) is 57.9 Å². The Morgan fingerprint density at radius 3 is 2.47 bits per heavy atom. The predicted molar refractivity (Wildman–Crippen MR) is 60.6 cm³/mol. The van der Waals surface area contributed by atoms with E-state index in [9.17, 15) is 9.90 Å². The van der Waals surface area contributed by atoms with Crippen LogP contribution in [0.15, 0.2) is 0 Å². The van der Waals surface area contributed by atoms with Crippen LogP contribution in [0.1, 0.15) is 52.4 Å². The molecule has 0 bridgehead atoms. The molecule has 1 aliphatic carbocycles. The molecule has 0 heterocycles. The maximum absolute atomic E-state index is 11.2. The van der Waals surface area contributed by atoms with Crippen molar-refractivity contribution in [3.8, 4) is 0 Å². The SMILES string of the molecule is CCCCCC(N)(C(=O)O)C1CC(C)C1. The molecule has 0 aromatic rings. The number of nitrogens with two attached hydrogens (primary N) is 1. The van der Waals surface area contributed by atoms with E-state index in [-0.39, 0.29) is 5.92 Å². The standard InChI is InChI=1S/C12H23NO2/c1-3-4-5-6-12(13,11(14)15)10-7-9(2)8-10/h9-10H,3-8,13H2,1-2H3,(H,14,15). The fourth-order valence-corrected chi connectivity index (χ4v) is 2.48. The van der Waals surface area contributed by atoms with Gasteiger partial charge < -0.3 is 10.8 Å². The van der Waals surface area contributed by atoms with Crippen molar-refractivity contribution in [2.75, 3.05) is 0 Å². The number of unbranched alkanes of at least 4 members (excludes halogenated alkanes) is 2. The highest BCUT2D eigenvalue weighted by Gasteiger charge is 2.46. The second-order valence-electron chi connectivity index (χ2n) is 5.08. The Morgan fingerprint density at radius 2 is 2.07 bits per heavy atom. The summed E-state index contributed by atoms with van der Waals surface area (Å²) in [5.41, 5.74) is 5.09. The Hall–Kier alpha value is -0.570. The summed E-state index contributed by atoms with van der Waals surface area (Å²) < 4.78 is 0. The van der Waals surface area contributed by atoms with E-state index >= 15 is 0 Å². The van der Waals surface area contributed by atoms with Crippen molar-refractivity contribution in [3.63, 3.8) is 0 Å². The molecule has 15 heavy (non-hydrogen) atoms. The summed E-state index contributed by atoms with van der Waals surface area (Å²) in [6.07, 6.45) is 5.72. The third kappa shape index (κ3) is 2.71. The molecule has 3 nitrogen and oxygen atoms in total. The van der Waals surface area contributed by atoms with Gasteiger partial charge in [-0.3, -0.25) is 4.79 Å². The van der Waals surface area contributed by atoms with Gasteiger partial charge in [0.05, 0.1) is 0 Å². The topological polar surface area (TPSA) is 63.3 Å². The van der Waals surface area contributed by atoms with Gasteiger partial charge in [0.15, 0.2) is 0 Å². The van der Waals surface area contributed by atoms with Crippen molar-refractivity contribution in [1.29, 1.82) is 0 Å². The lowest BCUT2D eigenvalue weighted by molar-refractivity contribution is -0.148. The molecule has 1 saturated carbocycles. The maximum Gasteiger partial charge on any atom is 0.323 e. The molecular formula is C12H23NO2. The van der Waals surface area contributed by atoms with Crippen LogP contribution in [0.25, 0.3) is 0 Å². The van der Waals surface area contributed by atoms with Gasteiger partial charge in [0, 0.05) is 0 Å². The van der Waals surface area contributed by atoms with Crippen LogP contribution in [0.3, 0.4) is 0 Å². The number of hydrogen-bond acceptors (Lipinski definition) is 2. The minimum atomic E-state index is -0.957. The molecule has 3 N–H and O–H groups in total. The molecule has 0 aliphatic heterocycles. The minimum absolute atomic E-state index is 0.196. The summed E-state index contributed by atoms with van der Waals surface area (Å²) in [5.74, 6) is 0.0424. The molecule has 3 heteroatoms. The van der Waals surface area contributed by atoms with E-state index in [1.54, 1.807) is 0 Å². The van der Waals surface area contributed by atoms with E-state index in [0.717, 1.165) is 32.1 Å². The van der Waals surface area contributed by atoms with Gasteiger partial charge in [0.25, 0.3) is 0 Å². The molecule has 0 radical (unpaired) electrons. The average molecular weight is 213 g/mol. The Labute approximate surface area is 92.0 Å². The van der Waals surface area contributed by atoms with Gasteiger partial charge in [-0.25, -0.2) is 0 Å². The maximum atomic E-state index is 11.2. The smallest absolute Gasteiger partial charge is 0.323 e. The van der Waals surface area contributed by atoms with Gasteiger partial charge in [-0.15, -0.1) is 0 Å². The van der Waals surface area contributed by atoms with Crippen LogP contribution in [-0.4, -0.2) is 16.6 Å². The van der Waals surface area contributed by atoms with Crippen LogP contribution in [0.4, 0.5) is 0 Å². The summed E-state index contributed by atoms with van der Waals surface area (Å²) in [5, 5.41) is 9.23. The first-order chi connectivity index (χ1) is 7.00. The molecule has 0 spiro atoms. The lowest BCUT2D eigenvalue weighted by Crippen LogP contribution is -2.57. The molecule has 88 valence electrons. The van der Waals surface area contributed by atoms with E-state index in [0.29, 0.717) is 12.3 Å². The third-order valence-electron chi connectivity index (χ3n) is 3.69. The quantitative estimate of drug-likeness (QED) is 0.666. The number of rotatable bonds is 6. The van der Waals surface area contributed by atoms with Crippen LogP contribution in [0.5, 0.6) is 0 Å². The lowest BCUT2D eigenvalue weighted by atomic mass is 9.64. The highest BCUT2D eigenvalue weighted by atomic mass is 16.4. The molecule has 1 unspecified atom stereocenters. The van der Waals surface area contributed by atoms with Crippen molar-refractivity contribution in [2.24, 2.45) is 17.6 Å². The fraction of sp³-hybridized carbons (Fsp3) is 0.917. The van der Waals surface area contributed by atoms with Crippen molar-refractivity contribution >= 4 is 5.97 Å². The first-order valence-electron chi connectivity index (χ1n) is 6.03. The number of aliphatic carboxylic acids is 1. The minimum Gasteiger partial charge on any atom is -0.480 e. The summed E-state index contributed by atoms with van der Waals surface area (Å²) in [6, 6.07) is 0. The molecule has 1 fully saturated rings. The normalized spacial score (nSPS) is 29.3. The number of carboxylic acid groups (broad SMARTS) is 1. The number of carboxylic acids is 1. The Balaban J connectivity index is 2.50. The van der Waals surface area contributed by atoms with Gasteiger partial charge in [-0.2, -0.15) is 0 Å². The molecular weight excluding hydrogens is 190 g/mol. The zero-order valence-corrected chi connectivity index (χ0v) is 9.83. The lowest BCUT2D eigenvalue weighted by Gasteiger charge is -2.43. The van der Waals surface area contributed by atoms with E-state index in [1.165, 1.54) is 0 Å². The van der Waals surface area contributed by atoms with Crippen molar-refractivity contribution in [1.82, 2.24) is 0 Å². The molecule has 0 aromatic heterocycles. The highest BCUT2D eigenvalue weighted by molar-refractivity contribution is 5.79. The Morgan fingerprint density at radius 1 is 1.47 bits per heavy atom. The first kappa shape index (κ1) is 12.5. The molecule has 0 amide bonds. The third-order valence-corrected chi connectivity index (χ3v) is 3.69. The predicted octanol–water partition coefficient (Wildman–Crippen LogP) is 2.39. The molecule has 1 aliphatic rings. The zero-order valence-electron chi connectivity index (χ0n) is 9.83. The Bertz CT molecular complexity index is 224. The summed E-state index contributed by atoms with van der Waals surface area (Å²) in [6.45, 7) is 4.27. The fourth-order valence-electron chi connectivity index (χ4n) is 2.48. The van der Waals surface area contributed by atoms with Crippen molar-refractivity contribution in [3.05, 3.63) is 0 Å². The molecule has 0 saturated heterocycles. The first-order valence-corrected chi connectivity index (χ1v) is 6.03. The average Bonchev–Trinajstić information content (AvgIpc) is 2.13. The number of hydrogen-bond donors (Lipinski definition) is 2. The van der Waals surface area contributed by atoms with Gasteiger partial charge in [0.2, 0.25) is 0 Å². The molecule has 1 atom stereocenters. The van der Waals surface area contributed by atoms with Crippen LogP contribution in [-0.2, 0) is 4.79 Å².